The number of nitrogens with one attached hydrogen (secondary N) is 1. The molecule has 0 saturated heterocycles. The number of alkyl halides is 1. The number of rotatable bonds is 5. The van der Waals surface area contributed by atoms with E-state index >= 15 is 0 Å². The molecule has 2 heterocycles. The van der Waals surface area contributed by atoms with Gasteiger partial charge in [0.1, 0.15) is 16.6 Å². The summed E-state index contributed by atoms with van der Waals surface area (Å²) in [5, 5.41) is 13.4. The minimum Gasteiger partial charge on any atom is -0.476 e. The van der Waals surface area contributed by atoms with Crippen molar-refractivity contribution in [1.29, 1.82) is 0 Å². The van der Waals surface area contributed by atoms with Gasteiger partial charge in [0.25, 0.3) is 5.56 Å². The summed E-state index contributed by atoms with van der Waals surface area (Å²) >= 11 is 5.90. The van der Waals surface area contributed by atoms with E-state index in [9.17, 15) is 19.1 Å². The number of fused-ring (bicyclic) bond motifs is 4. The second-order valence-electron chi connectivity index (χ2n) is 10.2. The van der Waals surface area contributed by atoms with Gasteiger partial charge in [-0.05, 0) is 76.1 Å². The average molecular weight is 499 g/mol. The number of aromatic nitrogens is 3. The lowest BCUT2D eigenvalue weighted by Crippen LogP contribution is -2.48. The quantitative estimate of drug-likeness (QED) is 0.452. The number of aromatic carboxylic acids is 1. The topological polar surface area (TPSA) is 97.1 Å². The summed E-state index contributed by atoms with van der Waals surface area (Å²) in [7, 11) is 1.76. The number of nitrogens with zero attached hydrogens (tertiary/aromatic N) is 3. The molecule has 3 aliphatic rings. The molecule has 0 aliphatic heterocycles. The zero-order chi connectivity index (χ0) is 25.1. The predicted molar refractivity (Wildman–Crippen MR) is 133 cm³/mol. The molecule has 0 unspecified atom stereocenters. The van der Waals surface area contributed by atoms with Crippen LogP contribution in [0.1, 0.15) is 78.9 Å². The number of pyridine rings is 1. The fourth-order valence-corrected chi connectivity index (χ4v) is 6.01. The van der Waals surface area contributed by atoms with Crippen LogP contribution in [0.4, 0.5) is 10.1 Å². The number of hydrogen-bond acceptors (Lipinski definition) is 5. The smallest absolute Gasteiger partial charge is 0.356 e. The fourth-order valence-electron chi connectivity index (χ4n) is 5.86. The standard InChI is InChI=1S/C26H28ClFN4O3/c1-14-12-16(15(2)29-18-4-5-19(27)30-21(18)23(34)35)20-17(13-14)22(33)32(3)24(31-20)25-6-9-26(28,10-7-25)11-8-25/h4-5,12-13,15,29H,6-11H2,1-3H3,(H,34,35)/t15-,25?,26?/m1/s1. The van der Waals surface area contributed by atoms with Crippen molar-refractivity contribution in [3.8, 4) is 0 Å². The molecule has 3 aromatic rings. The van der Waals surface area contributed by atoms with E-state index in [1.165, 1.54) is 6.07 Å². The molecule has 2 bridgehead atoms. The molecule has 0 spiro atoms. The van der Waals surface area contributed by atoms with Crippen molar-refractivity contribution in [2.24, 2.45) is 7.05 Å². The summed E-state index contributed by atoms with van der Waals surface area (Å²) in [6.45, 7) is 3.81. The highest BCUT2D eigenvalue weighted by Gasteiger charge is 2.51. The van der Waals surface area contributed by atoms with Crippen LogP contribution in [0.2, 0.25) is 5.15 Å². The molecular formula is C26H28ClFN4O3. The third kappa shape index (κ3) is 3.97. The Morgan fingerprint density at radius 3 is 2.46 bits per heavy atom. The van der Waals surface area contributed by atoms with Crippen molar-refractivity contribution >= 4 is 34.2 Å². The molecule has 6 rings (SSSR count). The third-order valence-corrected chi connectivity index (χ3v) is 8.10. The molecule has 1 atom stereocenters. The number of carboxylic acid groups (broad SMARTS) is 1. The first-order valence-electron chi connectivity index (χ1n) is 11.9. The highest BCUT2D eigenvalue weighted by Crippen LogP contribution is 2.54. The molecule has 3 saturated carbocycles. The molecule has 0 amide bonds. The maximum absolute atomic E-state index is 14.8. The average Bonchev–Trinajstić information content (AvgIpc) is 2.83. The highest BCUT2D eigenvalue weighted by molar-refractivity contribution is 6.29. The van der Waals surface area contributed by atoms with E-state index in [4.69, 9.17) is 16.6 Å². The maximum atomic E-state index is 14.8. The van der Waals surface area contributed by atoms with Crippen LogP contribution in [-0.4, -0.2) is 31.3 Å². The summed E-state index contributed by atoms with van der Waals surface area (Å²) in [4.78, 5) is 34.2. The van der Waals surface area contributed by atoms with Gasteiger partial charge in [0.05, 0.1) is 22.6 Å². The first-order chi connectivity index (χ1) is 16.5. The molecule has 3 aliphatic carbocycles. The van der Waals surface area contributed by atoms with Gasteiger partial charge >= 0.3 is 5.97 Å². The summed E-state index contributed by atoms with van der Waals surface area (Å²) in [5.74, 6) is -0.475. The molecule has 2 aromatic heterocycles. The first-order valence-corrected chi connectivity index (χ1v) is 12.3. The number of carboxylic acids is 1. The van der Waals surface area contributed by atoms with Gasteiger partial charge < -0.3 is 10.4 Å². The molecule has 184 valence electrons. The lowest BCUT2D eigenvalue weighted by atomic mass is 9.59. The van der Waals surface area contributed by atoms with Crippen LogP contribution >= 0.6 is 11.6 Å². The first kappa shape index (κ1) is 23.7. The van der Waals surface area contributed by atoms with E-state index in [1.54, 1.807) is 17.7 Å². The number of aryl methyl sites for hydroxylation is 1. The van der Waals surface area contributed by atoms with E-state index in [1.807, 2.05) is 26.0 Å². The van der Waals surface area contributed by atoms with E-state index in [0.717, 1.165) is 11.1 Å². The summed E-state index contributed by atoms with van der Waals surface area (Å²) in [6.07, 6.45) is 3.55. The number of carbonyl (C=O) groups is 1. The molecule has 35 heavy (non-hydrogen) atoms. The Bertz CT molecular complexity index is 1400. The van der Waals surface area contributed by atoms with Gasteiger partial charge in [-0.1, -0.05) is 17.7 Å². The van der Waals surface area contributed by atoms with Crippen LogP contribution in [0.15, 0.2) is 29.1 Å². The van der Waals surface area contributed by atoms with Crippen molar-refractivity contribution in [1.82, 2.24) is 14.5 Å². The second-order valence-corrected chi connectivity index (χ2v) is 10.6. The zero-order valence-electron chi connectivity index (χ0n) is 20.0. The largest absolute Gasteiger partial charge is 0.476 e. The van der Waals surface area contributed by atoms with E-state index in [2.05, 4.69) is 10.3 Å². The summed E-state index contributed by atoms with van der Waals surface area (Å²) in [5.41, 5.74) is 0.916. The Morgan fingerprint density at radius 2 is 1.83 bits per heavy atom. The second kappa shape index (κ2) is 8.29. The molecular weight excluding hydrogens is 471 g/mol. The molecule has 2 N–H and O–H groups in total. The van der Waals surface area contributed by atoms with Crippen molar-refractivity contribution < 1.29 is 14.3 Å². The van der Waals surface area contributed by atoms with Crippen LogP contribution in [0.25, 0.3) is 10.9 Å². The van der Waals surface area contributed by atoms with Gasteiger partial charge in [-0.25, -0.2) is 19.2 Å². The minimum absolute atomic E-state index is 0.0907. The molecule has 7 nitrogen and oxygen atoms in total. The van der Waals surface area contributed by atoms with E-state index in [-0.39, 0.29) is 27.9 Å². The van der Waals surface area contributed by atoms with Crippen LogP contribution in [0.3, 0.4) is 0 Å². The van der Waals surface area contributed by atoms with Crippen molar-refractivity contribution in [3.05, 3.63) is 62.4 Å². The lowest BCUT2D eigenvalue weighted by molar-refractivity contribution is -0.00103. The van der Waals surface area contributed by atoms with Crippen LogP contribution in [-0.2, 0) is 12.5 Å². The van der Waals surface area contributed by atoms with Gasteiger partial charge in [0.15, 0.2) is 5.69 Å². The van der Waals surface area contributed by atoms with Crippen molar-refractivity contribution in [3.63, 3.8) is 0 Å². The van der Waals surface area contributed by atoms with Crippen molar-refractivity contribution in [2.45, 2.75) is 69.5 Å². The minimum atomic E-state index is -1.19. The highest BCUT2D eigenvalue weighted by atomic mass is 35.5. The molecule has 9 heteroatoms. The fraction of sp³-hybridized carbons (Fsp3) is 0.462. The Hall–Kier alpha value is -3.00. The number of halogens is 2. The number of anilines is 1. The maximum Gasteiger partial charge on any atom is 0.356 e. The molecule has 3 fully saturated rings. The van der Waals surface area contributed by atoms with Gasteiger partial charge in [-0.2, -0.15) is 0 Å². The predicted octanol–water partition coefficient (Wildman–Crippen LogP) is 5.48. The van der Waals surface area contributed by atoms with E-state index < -0.39 is 11.6 Å². The molecule has 1 aromatic carbocycles. The Balaban J connectivity index is 1.63. The van der Waals surface area contributed by atoms with Gasteiger partial charge in [-0.3, -0.25) is 9.36 Å². The zero-order valence-corrected chi connectivity index (χ0v) is 20.7. The van der Waals surface area contributed by atoms with Gasteiger partial charge in [0.2, 0.25) is 0 Å². The third-order valence-electron chi connectivity index (χ3n) is 7.89. The Morgan fingerprint density at radius 1 is 1.17 bits per heavy atom. The number of hydrogen-bond donors (Lipinski definition) is 2. The van der Waals surface area contributed by atoms with Crippen LogP contribution in [0, 0.1) is 6.92 Å². The van der Waals surface area contributed by atoms with Crippen LogP contribution < -0.4 is 10.9 Å². The van der Waals surface area contributed by atoms with Gasteiger partial charge in [0, 0.05) is 18.0 Å². The van der Waals surface area contributed by atoms with Gasteiger partial charge in [-0.15, -0.1) is 0 Å². The lowest BCUT2D eigenvalue weighted by Gasteiger charge is -2.49. The summed E-state index contributed by atoms with van der Waals surface area (Å²) < 4.78 is 16.5. The normalized spacial score (nSPS) is 24.5. The van der Waals surface area contributed by atoms with Crippen molar-refractivity contribution in [2.75, 3.05) is 5.32 Å². The van der Waals surface area contributed by atoms with Crippen LogP contribution in [0.5, 0.6) is 0 Å². The van der Waals surface area contributed by atoms with E-state index in [0.29, 0.717) is 60.9 Å². The Labute approximate surface area is 207 Å². The monoisotopic (exact) mass is 498 g/mol. The molecule has 0 radical (unpaired) electrons. The Kier molecular flexibility index (Phi) is 5.62. The number of benzene rings is 1. The SMILES string of the molecule is Cc1cc([C@@H](C)Nc2ccc(Cl)nc2C(=O)O)c2nc(C34CCC(F)(CC3)CC4)n(C)c(=O)c2c1. The summed E-state index contributed by atoms with van der Waals surface area (Å²) in [6, 6.07) is 6.53.